The van der Waals surface area contributed by atoms with E-state index in [-0.39, 0.29) is 23.7 Å². The fraction of sp³-hybridized carbons (Fsp3) is 0.438. The average molecular weight is 1090 g/mol. The Balaban J connectivity index is 0.855. The molecule has 6 aromatic carbocycles. The summed E-state index contributed by atoms with van der Waals surface area (Å²) in [5.74, 6) is 4.64. The summed E-state index contributed by atoms with van der Waals surface area (Å²) in [5, 5.41) is 0. The van der Waals surface area contributed by atoms with Crippen LogP contribution in [0.1, 0.15) is 90.4 Å². The van der Waals surface area contributed by atoms with E-state index >= 15 is 0 Å². The smallest absolute Gasteiger partial charge is 0.161 e. The molecule has 80 heavy (non-hydrogen) atoms. The minimum absolute atomic E-state index is 0.111. The maximum absolute atomic E-state index is 6.57. The number of benzene rings is 6. The number of fused-ring (bicyclic) bond motifs is 4. The fourth-order valence-corrected chi connectivity index (χ4v) is 12.3. The van der Waals surface area contributed by atoms with Crippen molar-refractivity contribution in [1.29, 1.82) is 0 Å². The molecule has 0 N–H and O–H groups in total. The Morgan fingerprint density at radius 1 is 0.175 bits per heavy atom. The van der Waals surface area contributed by atoms with Crippen LogP contribution in [-0.2, 0) is 37.9 Å². The van der Waals surface area contributed by atoms with Crippen LogP contribution in [0.2, 0.25) is 0 Å². The van der Waals surface area contributed by atoms with E-state index in [2.05, 4.69) is 97.1 Å². The van der Waals surface area contributed by atoms with Crippen LogP contribution in [0.15, 0.2) is 97.1 Å². The van der Waals surface area contributed by atoms with E-state index < -0.39 is 0 Å². The van der Waals surface area contributed by atoms with Crippen LogP contribution in [-0.4, -0.2) is 159 Å². The lowest BCUT2D eigenvalue weighted by Crippen LogP contribution is -2.28. The van der Waals surface area contributed by atoms with Crippen molar-refractivity contribution in [2.24, 2.45) is 0 Å². The second-order valence-electron chi connectivity index (χ2n) is 20.4. The molecular weight excluding hydrogens is 1020 g/mol. The Labute approximate surface area is 466 Å². The third kappa shape index (κ3) is 11.0. The van der Waals surface area contributed by atoms with Crippen molar-refractivity contribution in [1.82, 2.24) is 0 Å². The summed E-state index contributed by atoms with van der Waals surface area (Å²) in [7, 11) is 0. The topological polar surface area (TPSA) is 148 Å². The quantitative estimate of drug-likeness (QED) is 0.143. The van der Waals surface area contributed by atoms with Gasteiger partial charge in [0.25, 0.3) is 0 Å². The molecule has 420 valence electrons. The van der Waals surface area contributed by atoms with Gasteiger partial charge in [-0.15, -0.1) is 0 Å². The molecule has 0 amide bonds. The molecule has 16 heteroatoms. The molecule has 0 fully saturated rings. The van der Waals surface area contributed by atoms with E-state index in [1.54, 1.807) is 0 Å². The van der Waals surface area contributed by atoms with E-state index in [1.165, 1.54) is 22.3 Å². The van der Waals surface area contributed by atoms with Crippen LogP contribution < -0.4 is 37.9 Å². The highest BCUT2D eigenvalue weighted by Crippen LogP contribution is 2.61. The van der Waals surface area contributed by atoms with Crippen molar-refractivity contribution < 1.29 is 75.8 Å². The van der Waals surface area contributed by atoms with Crippen LogP contribution in [0.5, 0.6) is 46.0 Å². The molecule has 0 saturated heterocycles. The first-order chi connectivity index (χ1) is 39.8. The van der Waals surface area contributed by atoms with E-state index in [9.17, 15) is 0 Å². The second kappa shape index (κ2) is 25.0. The van der Waals surface area contributed by atoms with Crippen molar-refractivity contribution in [2.45, 2.75) is 23.7 Å². The predicted octanol–water partition coefficient (Wildman–Crippen LogP) is 8.57. The third-order valence-corrected chi connectivity index (χ3v) is 15.7. The van der Waals surface area contributed by atoms with Gasteiger partial charge in [0.1, 0.15) is 52.9 Å². The molecule has 14 rings (SSSR count). The first-order valence-electron chi connectivity index (χ1n) is 28.3. The number of hydrogen-bond acceptors (Lipinski definition) is 16. The summed E-state index contributed by atoms with van der Waals surface area (Å²) in [6, 6.07) is 34.5. The highest BCUT2D eigenvalue weighted by atomic mass is 16.6. The second-order valence-corrected chi connectivity index (χ2v) is 20.4. The van der Waals surface area contributed by atoms with E-state index in [1.807, 2.05) is 0 Å². The lowest BCUT2D eigenvalue weighted by Gasteiger charge is -2.43. The zero-order valence-corrected chi connectivity index (χ0v) is 45.0. The van der Waals surface area contributed by atoms with Gasteiger partial charge in [0.05, 0.1) is 106 Å². The Bertz CT molecular complexity index is 2560. The number of hydrogen-bond donors (Lipinski definition) is 0. The fourth-order valence-electron chi connectivity index (χ4n) is 12.3. The first kappa shape index (κ1) is 52.8. The average Bonchev–Trinajstić information content (AvgIpc) is 3.39. The van der Waals surface area contributed by atoms with Crippen molar-refractivity contribution in [3.05, 3.63) is 164 Å². The van der Waals surface area contributed by atoms with Crippen molar-refractivity contribution in [3.63, 3.8) is 0 Å². The molecule has 6 aromatic rings. The van der Waals surface area contributed by atoms with Crippen molar-refractivity contribution >= 4 is 0 Å². The molecular formula is C64H68O16. The summed E-state index contributed by atoms with van der Waals surface area (Å²) in [6.45, 7) is 8.30. The molecule has 16 nitrogen and oxygen atoms in total. The summed E-state index contributed by atoms with van der Waals surface area (Å²) in [5.41, 5.74) is 14.1. The maximum Gasteiger partial charge on any atom is 0.161 e. The Kier molecular flexibility index (Phi) is 16.5. The molecule has 0 radical (unpaired) electrons. The van der Waals surface area contributed by atoms with Gasteiger partial charge in [0.15, 0.2) is 46.0 Å². The third-order valence-electron chi connectivity index (χ3n) is 15.7. The lowest BCUT2D eigenvalue weighted by molar-refractivity contribution is 0.0222. The van der Waals surface area contributed by atoms with E-state index in [4.69, 9.17) is 75.8 Å². The van der Waals surface area contributed by atoms with Gasteiger partial charge < -0.3 is 75.8 Å². The first-order valence-corrected chi connectivity index (χ1v) is 28.3. The van der Waals surface area contributed by atoms with Gasteiger partial charge in [0, 0.05) is 23.7 Å². The highest BCUT2D eigenvalue weighted by molar-refractivity contribution is 5.74. The van der Waals surface area contributed by atoms with E-state index in [0.717, 1.165) is 44.5 Å². The molecule has 0 spiro atoms. The number of rotatable bonds is 0. The van der Waals surface area contributed by atoms with Crippen LogP contribution in [0.25, 0.3) is 0 Å². The normalized spacial score (nSPS) is 22.7. The summed E-state index contributed by atoms with van der Waals surface area (Å²) >= 11 is 0. The Morgan fingerprint density at radius 3 is 0.463 bits per heavy atom. The van der Waals surface area contributed by atoms with Gasteiger partial charge in [-0.2, -0.15) is 0 Å². The molecule has 2 heterocycles. The minimum atomic E-state index is -0.111. The van der Waals surface area contributed by atoms with Crippen molar-refractivity contribution in [3.8, 4) is 46.0 Å². The summed E-state index contributed by atoms with van der Waals surface area (Å²) < 4.78 is 101. The Hall–Kier alpha value is -6.60. The van der Waals surface area contributed by atoms with Crippen molar-refractivity contribution in [2.75, 3.05) is 159 Å². The van der Waals surface area contributed by atoms with Crippen LogP contribution in [0.4, 0.5) is 0 Å². The molecule has 0 saturated carbocycles. The minimum Gasteiger partial charge on any atom is -0.487 e. The monoisotopic (exact) mass is 1090 g/mol. The predicted molar refractivity (Wildman–Crippen MR) is 293 cm³/mol. The number of ether oxygens (including phenoxy) is 16. The van der Waals surface area contributed by atoms with Crippen LogP contribution >= 0.6 is 0 Å². The lowest BCUT2D eigenvalue weighted by atomic mass is 9.61. The standard InChI is InChI=1S/C64H68O16/c1-2-6-42-41(5-1)61-45-33-53-55-35-47(45)62(42)48-36-56-54(34-46(48)61)74-26-18-66-10-12-70-22-30-78-58-38-50-52(40-60(58)80-32-24-72-16-14-68-20-28-76-56)64-44-8-4-3-7-43(44)63(50)49-37-57(77-29-21-69-11-9-65-17-25-73-53)59(39-51(49)64)79-31-23-71-15-13-67-19-27-75-55/h1-8,33-40,61-64H,9-32H2. The van der Waals surface area contributed by atoms with E-state index in [0.29, 0.717) is 205 Å². The van der Waals surface area contributed by atoms with Gasteiger partial charge in [-0.3, -0.25) is 0 Å². The van der Waals surface area contributed by atoms with Crippen LogP contribution in [0.3, 0.4) is 0 Å². The largest absolute Gasteiger partial charge is 0.487 e. The zero-order valence-electron chi connectivity index (χ0n) is 45.0. The maximum atomic E-state index is 6.57. The molecule has 0 aromatic heterocycles. The van der Waals surface area contributed by atoms with Gasteiger partial charge in [-0.1, -0.05) is 48.5 Å². The van der Waals surface area contributed by atoms with Gasteiger partial charge in [-0.05, 0) is 115 Å². The Morgan fingerprint density at radius 2 is 0.312 bits per heavy atom. The molecule has 0 atom stereocenters. The summed E-state index contributed by atoms with van der Waals surface area (Å²) in [4.78, 5) is 0. The highest BCUT2D eigenvalue weighted by Gasteiger charge is 2.45. The van der Waals surface area contributed by atoms with Gasteiger partial charge in [0.2, 0.25) is 0 Å². The molecule has 0 unspecified atom stereocenters. The zero-order chi connectivity index (χ0) is 53.5. The SMILES string of the molecule is c1ccc2c(c1)C1c3cc4c5cc3C2c2cc3c(cc21)OCCOCCOCCOc1cc2c(cc1OCCOCCOCCO3)C1c3ccccc3C2c2cc(c(cc21)OCCOCCOCCO5)OCCOCCOCCO4. The van der Waals surface area contributed by atoms with Crippen LogP contribution in [0, 0.1) is 0 Å². The summed E-state index contributed by atoms with van der Waals surface area (Å²) in [6.07, 6.45) is 0. The molecule has 4 bridgehead atoms. The van der Waals surface area contributed by atoms with Gasteiger partial charge in [-0.25, -0.2) is 0 Å². The molecule has 2 aliphatic heterocycles. The molecule has 8 aliphatic rings. The van der Waals surface area contributed by atoms with Gasteiger partial charge >= 0.3 is 0 Å². The molecule has 6 aliphatic carbocycles.